The summed E-state index contributed by atoms with van der Waals surface area (Å²) >= 11 is 0. The fourth-order valence-electron chi connectivity index (χ4n) is 2.84. The molecule has 0 amide bonds. The van der Waals surface area contributed by atoms with Crippen LogP contribution in [0.1, 0.15) is 25.7 Å². The molecule has 1 fully saturated rings. The highest BCUT2D eigenvalue weighted by molar-refractivity contribution is 5.82. The first kappa shape index (κ1) is 25.3. The van der Waals surface area contributed by atoms with Crippen LogP contribution in [-0.2, 0) is 38.1 Å². The summed E-state index contributed by atoms with van der Waals surface area (Å²) in [5.41, 5.74) is 0. The summed E-state index contributed by atoms with van der Waals surface area (Å²) in [5.74, 6) is -4.24. The topological polar surface area (TPSA) is 146 Å². The van der Waals surface area contributed by atoms with E-state index in [1.54, 1.807) is 0 Å². The van der Waals surface area contributed by atoms with E-state index in [0.717, 1.165) is 25.0 Å². The molecular weight excluding hydrogens is 400 g/mol. The smallest absolute Gasteiger partial charge is 0.330 e. The van der Waals surface area contributed by atoms with Crippen LogP contribution in [0.2, 0.25) is 0 Å². The lowest BCUT2D eigenvalue weighted by Crippen LogP contribution is -2.37. The van der Waals surface area contributed by atoms with E-state index in [9.17, 15) is 29.4 Å². The molecule has 30 heavy (non-hydrogen) atoms. The summed E-state index contributed by atoms with van der Waals surface area (Å²) < 4.78 is 19.4. The molecule has 0 bridgehead atoms. The van der Waals surface area contributed by atoms with E-state index in [0.29, 0.717) is 12.8 Å². The van der Waals surface area contributed by atoms with Crippen LogP contribution >= 0.6 is 0 Å². The lowest BCUT2D eigenvalue weighted by molar-refractivity contribution is -0.167. The number of aliphatic hydroxyl groups excluding tert-OH is 2. The highest BCUT2D eigenvalue weighted by Crippen LogP contribution is 2.32. The van der Waals surface area contributed by atoms with E-state index in [1.807, 2.05) is 0 Å². The molecule has 168 valence electrons. The van der Waals surface area contributed by atoms with Crippen molar-refractivity contribution in [2.24, 2.45) is 11.8 Å². The van der Waals surface area contributed by atoms with Gasteiger partial charge in [0.05, 0.1) is 11.8 Å². The number of hydrogen-bond donors (Lipinski definition) is 2. The number of rotatable bonds is 12. The SMILES string of the molecule is C=CC(=O)OCC(O)COC(=O)C1CCCCC1C(=O)OCC(O)COC(=O)C=C. The maximum Gasteiger partial charge on any atom is 0.330 e. The lowest BCUT2D eigenvalue weighted by Gasteiger charge is -2.28. The maximum atomic E-state index is 12.4. The van der Waals surface area contributed by atoms with E-state index in [1.165, 1.54) is 0 Å². The van der Waals surface area contributed by atoms with Gasteiger partial charge in [-0.25, -0.2) is 9.59 Å². The zero-order valence-electron chi connectivity index (χ0n) is 16.7. The summed E-state index contributed by atoms with van der Waals surface area (Å²) in [7, 11) is 0. The molecule has 0 spiro atoms. The van der Waals surface area contributed by atoms with E-state index in [-0.39, 0.29) is 13.2 Å². The minimum absolute atomic E-state index is 0.359. The first-order valence-corrected chi connectivity index (χ1v) is 9.56. The predicted molar refractivity (Wildman–Crippen MR) is 102 cm³/mol. The van der Waals surface area contributed by atoms with Gasteiger partial charge < -0.3 is 29.2 Å². The first-order valence-electron chi connectivity index (χ1n) is 9.56. The molecule has 0 radical (unpaired) electrons. The van der Waals surface area contributed by atoms with Crippen molar-refractivity contribution >= 4 is 23.9 Å². The predicted octanol–water partition coefficient (Wildman–Crippen LogP) is 0.0594. The van der Waals surface area contributed by atoms with Crippen molar-refractivity contribution in [2.45, 2.75) is 37.9 Å². The standard InChI is InChI=1S/C20H28O10/c1-3-17(23)27-9-13(21)11-29-19(25)15-7-5-6-8-16(15)20(26)30-12-14(22)10-28-18(24)4-2/h3-4,13-16,21-22H,1-2,5-12H2. The summed E-state index contributed by atoms with van der Waals surface area (Å²) in [4.78, 5) is 46.7. The monoisotopic (exact) mass is 428 g/mol. The molecule has 0 heterocycles. The highest BCUT2D eigenvalue weighted by atomic mass is 16.6. The van der Waals surface area contributed by atoms with Crippen molar-refractivity contribution in [3.05, 3.63) is 25.3 Å². The average molecular weight is 428 g/mol. The molecule has 0 aromatic heterocycles. The van der Waals surface area contributed by atoms with E-state index < -0.39 is 61.1 Å². The van der Waals surface area contributed by atoms with Crippen molar-refractivity contribution in [1.29, 1.82) is 0 Å². The van der Waals surface area contributed by atoms with Crippen LogP contribution in [-0.4, -0.2) is 72.7 Å². The van der Waals surface area contributed by atoms with Gasteiger partial charge in [-0.15, -0.1) is 0 Å². The van der Waals surface area contributed by atoms with Crippen LogP contribution in [0.3, 0.4) is 0 Å². The molecule has 10 heteroatoms. The van der Waals surface area contributed by atoms with Crippen LogP contribution in [0.25, 0.3) is 0 Å². The van der Waals surface area contributed by atoms with Crippen LogP contribution in [0.5, 0.6) is 0 Å². The average Bonchev–Trinajstić information content (AvgIpc) is 2.77. The Hall–Kier alpha value is -2.72. The number of aliphatic hydroxyl groups is 2. The maximum absolute atomic E-state index is 12.4. The van der Waals surface area contributed by atoms with Gasteiger partial charge in [-0.2, -0.15) is 0 Å². The molecule has 10 nitrogen and oxygen atoms in total. The molecule has 1 rings (SSSR count). The number of esters is 4. The summed E-state index contributed by atoms with van der Waals surface area (Å²) in [6.07, 6.45) is 1.75. The van der Waals surface area contributed by atoms with Crippen LogP contribution < -0.4 is 0 Å². The Labute approximate surface area is 174 Å². The molecule has 0 aromatic carbocycles. The molecule has 4 atom stereocenters. The fraction of sp³-hybridized carbons (Fsp3) is 0.600. The zero-order valence-corrected chi connectivity index (χ0v) is 16.7. The van der Waals surface area contributed by atoms with Gasteiger partial charge in [0.25, 0.3) is 0 Å². The minimum Gasteiger partial charge on any atom is -0.463 e. The number of carbonyl (C=O) groups excluding carboxylic acids is 4. The van der Waals surface area contributed by atoms with Crippen molar-refractivity contribution < 1.29 is 48.3 Å². The Morgan fingerprint density at radius 3 is 1.40 bits per heavy atom. The zero-order chi connectivity index (χ0) is 22.5. The Morgan fingerprint density at radius 2 is 1.07 bits per heavy atom. The molecule has 1 saturated carbocycles. The number of ether oxygens (including phenoxy) is 4. The molecular formula is C20H28O10. The Balaban J connectivity index is 2.48. The molecule has 1 aliphatic rings. The van der Waals surface area contributed by atoms with Crippen LogP contribution in [0.15, 0.2) is 25.3 Å². The van der Waals surface area contributed by atoms with Crippen molar-refractivity contribution in [1.82, 2.24) is 0 Å². The third kappa shape index (κ3) is 9.19. The Kier molecular flexibility index (Phi) is 11.4. The summed E-state index contributed by atoms with van der Waals surface area (Å²) in [6, 6.07) is 0. The molecule has 4 unspecified atom stereocenters. The number of carbonyl (C=O) groups is 4. The van der Waals surface area contributed by atoms with Crippen molar-refractivity contribution in [3.8, 4) is 0 Å². The molecule has 0 aromatic rings. The van der Waals surface area contributed by atoms with E-state index in [2.05, 4.69) is 22.6 Å². The summed E-state index contributed by atoms with van der Waals surface area (Å²) in [5, 5.41) is 19.4. The molecule has 0 saturated heterocycles. The van der Waals surface area contributed by atoms with Gasteiger partial charge in [0, 0.05) is 12.2 Å². The molecule has 0 aliphatic heterocycles. The Bertz CT molecular complexity index is 575. The minimum atomic E-state index is -1.21. The third-order valence-electron chi connectivity index (χ3n) is 4.38. The number of hydrogen-bond acceptors (Lipinski definition) is 10. The van der Waals surface area contributed by atoms with Gasteiger partial charge in [-0.3, -0.25) is 9.59 Å². The van der Waals surface area contributed by atoms with Crippen molar-refractivity contribution in [3.63, 3.8) is 0 Å². The van der Waals surface area contributed by atoms with Gasteiger partial charge in [0.15, 0.2) is 0 Å². The first-order chi connectivity index (χ1) is 14.3. The Morgan fingerprint density at radius 1 is 0.733 bits per heavy atom. The molecule has 2 N–H and O–H groups in total. The summed E-state index contributed by atoms with van der Waals surface area (Å²) in [6.45, 7) is 4.93. The van der Waals surface area contributed by atoms with Crippen LogP contribution in [0, 0.1) is 11.8 Å². The molecule has 1 aliphatic carbocycles. The lowest BCUT2D eigenvalue weighted by atomic mass is 9.79. The fourth-order valence-corrected chi connectivity index (χ4v) is 2.84. The largest absolute Gasteiger partial charge is 0.463 e. The van der Waals surface area contributed by atoms with Gasteiger partial charge in [-0.05, 0) is 12.8 Å². The van der Waals surface area contributed by atoms with Gasteiger partial charge in [0.2, 0.25) is 0 Å². The van der Waals surface area contributed by atoms with E-state index in [4.69, 9.17) is 9.47 Å². The van der Waals surface area contributed by atoms with Gasteiger partial charge in [0.1, 0.15) is 38.6 Å². The quantitative estimate of drug-likeness (QED) is 0.248. The van der Waals surface area contributed by atoms with Crippen molar-refractivity contribution in [2.75, 3.05) is 26.4 Å². The van der Waals surface area contributed by atoms with E-state index >= 15 is 0 Å². The van der Waals surface area contributed by atoms with Gasteiger partial charge in [-0.1, -0.05) is 26.0 Å². The highest BCUT2D eigenvalue weighted by Gasteiger charge is 2.38. The van der Waals surface area contributed by atoms with Gasteiger partial charge >= 0.3 is 23.9 Å². The third-order valence-corrected chi connectivity index (χ3v) is 4.38. The second-order valence-corrected chi connectivity index (χ2v) is 6.73. The normalized spacial score (nSPS) is 20.2. The second-order valence-electron chi connectivity index (χ2n) is 6.73. The van der Waals surface area contributed by atoms with Crippen LogP contribution in [0.4, 0.5) is 0 Å². The second kappa shape index (κ2) is 13.5.